The van der Waals surface area contributed by atoms with Gasteiger partial charge in [0.25, 0.3) is 0 Å². The number of hydrogen-bond acceptors (Lipinski definition) is 1. The molecule has 0 aliphatic carbocycles. The topological polar surface area (TPSA) is 26.0 Å². The summed E-state index contributed by atoms with van der Waals surface area (Å²) in [5.41, 5.74) is 12.5. The molecule has 1 atom stereocenters. The largest absolute Gasteiger partial charge is 0.324 e. The fraction of sp³-hybridized carbons (Fsp3) is 0.294. The minimum Gasteiger partial charge on any atom is -0.324 e. The third-order valence-electron chi connectivity index (χ3n) is 3.72. The van der Waals surface area contributed by atoms with Crippen LogP contribution in [0, 0.1) is 20.8 Å². The highest BCUT2D eigenvalue weighted by molar-refractivity contribution is 6.42. The van der Waals surface area contributed by atoms with Crippen molar-refractivity contribution >= 4 is 23.2 Å². The van der Waals surface area contributed by atoms with Crippen LogP contribution in [0.4, 0.5) is 0 Å². The lowest BCUT2D eigenvalue weighted by Crippen LogP contribution is -2.15. The summed E-state index contributed by atoms with van der Waals surface area (Å²) < 4.78 is 0. The minimum atomic E-state index is -0.0356. The van der Waals surface area contributed by atoms with Gasteiger partial charge in [0.2, 0.25) is 0 Å². The van der Waals surface area contributed by atoms with Crippen LogP contribution < -0.4 is 5.73 Å². The van der Waals surface area contributed by atoms with Gasteiger partial charge in [0, 0.05) is 6.04 Å². The van der Waals surface area contributed by atoms with E-state index in [0.717, 1.165) is 12.0 Å². The first-order chi connectivity index (χ1) is 9.38. The molecule has 0 fully saturated rings. The Morgan fingerprint density at radius 1 is 0.900 bits per heavy atom. The fourth-order valence-electron chi connectivity index (χ4n) is 2.41. The van der Waals surface area contributed by atoms with Crippen LogP contribution in [0.15, 0.2) is 30.3 Å². The van der Waals surface area contributed by atoms with Gasteiger partial charge in [-0.15, -0.1) is 0 Å². The van der Waals surface area contributed by atoms with Crippen LogP contribution in [0.1, 0.15) is 33.9 Å². The van der Waals surface area contributed by atoms with E-state index >= 15 is 0 Å². The van der Waals surface area contributed by atoms with Gasteiger partial charge in [-0.25, -0.2) is 0 Å². The molecule has 0 radical (unpaired) electrons. The number of halogens is 2. The molecule has 0 aromatic heterocycles. The van der Waals surface area contributed by atoms with Gasteiger partial charge in [-0.1, -0.05) is 41.4 Å². The van der Waals surface area contributed by atoms with E-state index in [-0.39, 0.29) is 6.04 Å². The Morgan fingerprint density at radius 3 is 2.20 bits per heavy atom. The monoisotopic (exact) mass is 307 g/mol. The molecule has 2 aromatic rings. The second-order valence-corrected chi connectivity index (χ2v) is 6.17. The lowest BCUT2D eigenvalue weighted by molar-refractivity contribution is 0.715. The van der Waals surface area contributed by atoms with Gasteiger partial charge < -0.3 is 5.73 Å². The molecule has 1 nitrogen and oxygen atoms in total. The van der Waals surface area contributed by atoms with Crippen LogP contribution in [0.2, 0.25) is 10.0 Å². The Hall–Kier alpha value is -1.02. The predicted molar refractivity (Wildman–Crippen MR) is 87.7 cm³/mol. The van der Waals surface area contributed by atoms with Gasteiger partial charge in [0.1, 0.15) is 0 Å². The Morgan fingerprint density at radius 2 is 1.55 bits per heavy atom. The summed E-state index contributed by atoms with van der Waals surface area (Å²) in [6.45, 7) is 6.34. The molecule has 2 rings (SSSR count). The Kier molecular flexibility index (Phi) is 4.74. The molecule has 0 aliphatic heterocycles. The van der Waals surface area contributed by atoms with E-state index in [1.807, 2.05) is 18.2 Å². The van der Waals surface area contributed by atoms with Gasteiger partial charge in [-0.05, 0) is 67.1 Å². The van der Waals surface area contributed by atoms with Crippen molar-refractivity contribution in [2.24, 2.45) is 5.73 Å². The second-order valence-electron chi connectivity index (χ2n) is 5.35. The average molecular weight is 308 g/mol. The van der Waals surface area contributed by atoms with Crippen LogP contribution in [-0.2, 0) is 6.42 Å². The maximum Gasteiger partial charge on any atom is 0.0595 e. The van der Waals surface area contributed by atoms with Crippen molar-refractivity contribution in [1.29, 1.82) is 0 Å². The summed E-state index contributed by atoms with van der Waals surface area (Å²) in [4.78, 5) is 0. The average Bonchev–Trinajstić information content (AvgIpc) is 2.38. The molecule has 0 heterocycles. The molecule has 0 bridgehead atoms. The summed E-state index contributed by atoms with van der Waals surface area (Å²) in [6, 6.07) is 10.0. The van der Waals surface area contributed by atoms with Crippen molar-refractivity contribution in [3.63, 3.8) is 0 Å². The summed E-state index contributed by atoms with van der Waals surface area (Å²) in [7, 11) is 0. The molecule has 1 unspecified atom stereocenters. The zero-order chi connectivity index (χ0) is 14.9. The van der Waals surface area contributed by atoms with Gasteiger partial charge in [-0.2, -0.15) is 0 Å². The molecule has 0 aliphatic rings. The molecule has 0 spiro atoms. The maximum absolute atomic E-state index is 6.36. The Labute approximate surface area is 130 Å². The summed E-state index contributed by atoms with van der Waals surface area (Å²) in [6.07, 6.45) is 0.750. The lowest BCUT2D eigenvalue weighted by Gasteiger charge is -2.17. The molecule has 20 heavy (non-hydrogen) atoms. The second kappa shape index (κ2) is 6.17. The zero-order valence-corrected chi connectivity index (χ0v) is 13.5. The number of hydrogen-bond donors (Lipinski definition) is 1. The standard InChI is InChI=1S/C17H19Cl2N/c1-10-6-12(3)14(7-11(10)2)17(20)9-13-4-5-15(18)16(19)8-13/h4-8,17H,9,20H2,1-3H3. The van der Waals surface area contributed by atoms with E-state index < -0.39 is 0 Å². The smallest absolute Gasteiger partial charge is 0.0595 e. The van der Waals surface area contributed by atoms with E-state index in [4.69, 9.17) is 28.9 Å². The van der Waals surface area contributed by atoms with Crippen molar-refractivity contribution < 1.29 is 0 Å². The van der Waals surface area contributed by atoms with E-state index in [9.17, 15) is 0 Å². The summed E-state index contributed by atoms with van der Waals surface area (Å²) in [5.74, 6) is 0. The molecule has 0 saturated carbocycles. The van der Waals surface area contributed by atoms with Gasteiger partial charge in [0.05, 0.1) is 10.0 Å². The van der Waals surface area contributed by atoms with Crippen LogP contribution in [-0.4, -0.2) is 0 Å². The van der Waals surface area contributed by atoms with Crippen LogP contribution in [0.5, 0.6) is 0 Å². The highest BCUT2D eigenvalue weighted by Gasteiger charge is 2.12. The number of benzene rings is 2. The molecular formula is C17H19Cl2N. The molecule has 2 aromatic carbocycles. The molecular weight excluding hydrogens is 289 g/mol. The third-order valence-corrected chi connectivity index (χ3v) is 4.46. The Balaban J connectivity index is 2.25. The highest BCUT2D eigenvalue weighted by Crippen LogP contribution is 2.27. The first-order valence-electron chi connectivity index (χ1n) is 6.65. The van der Waals surface area contributed by atoms with Gasteiger partial charge in [0.15, 0.2) is 0 Å². The first kappa shape index (κ1) is 15.4. The van der Waals surface area contributed by atoms with E-state index in [0.29, 0.717) is 10.0 Å². The Bertz CT molecular complexity index is 635. The molecule has 106 valence electrons. The van der Waals surface area contributed by atoms with Crippen molar-refractivity contribution in [3.05, 3.63) is 68.2 Å². The van der Waals surface area contributed by atoms with Crippen LogP contribution in [0.25, 0.3) is 0 Å². The van der Waals surface area contributed by atoms with Gasteiger partial charge >= 0.3 is 0 Å². The number of aryl methyl sites for hydroxylation is 3. The quantitative estimate of drug-likeness (QED) is 0.832. The fourth-order valence-corrected chi connectivity index (χ4v) is 2.73. The predicted octanol–water partition coefficient (Wildman–Crippen LogP) is 5.16. The number of nitrogens with two attached hydrogens (primary N) is 1. The van der Waals surface area contributed by atoms with Gasteiger partial charge in [-0.3, -0.25) is 0 Å². The SMILES string of the molecule is Cc1cc(C)c(C(N)Cc2ccc(Cl)c(Cl)c2)cc1C. The van der Waals surface area contributed by atoms with Crippen molar-refractivity contribution in [2.45, 2.75) is 33.2 Å². The highest BCUT2D eigenvalue weighted by atomic mass is 35.5. The summed E-state index contributed by atoms with van der Waals surface area (Å²) in [5, 5.41) is 1.15. The molecule has 0 saturated heterocycles. The van der Waals surface area contributed by atoms with Crippen molar-refractivity contribution in [2.75, 3.05) is 0 Å². The van der Waals surface area contributed by atoms with Crippen molar-refractivity contribution in [3.8, 4) is 0 Å². The molecule has 3 heteroatoms. The molecule has 0 amide bonds. The van der Waals surface area contributed by atoms with Crippen LogP contribution >= 0.6 is 23.2 Å². The maximum atomic E-state index is 6.36. The lowest BCUT2D eigenvalue weighted by atomic mass is 9.93. The minimum absolute atomic E-state index is 0.0356. The van der Waals surface area contributed by atoms with Crippen molar-refractivity contribution in [1.82, 2.24) is 0 Å². The van der Waals surface area contributed by atoms with E-state index in [1.54, 1.807) is 0 Å². The van der Waals surface area contributed by atoms with Crippen LogP contribution in [0.3, 0.4) is 0 Å². The normalized spacial score (nSPS) is 12.5. The number of rotatable bonds is 3. The zero-order valence-electron chi connectivity index (χ0n) is 12.0. The summed E-state index contributed by atoms with van der Waals surface area (Å²) >= 11 is 12.0. The van der Waals surface area contributed by atoms with E-state index in [2.05, 4.69) is 32.9 Å². The third kappa shape index (κ3) is 3.35. The van der Waals surface area contributed by atoms with E-state index in [1.165, 1.54) is 22.3 Å². The first-order valence-corrected chi connectivity index (χ1v) is 7.41. The molecule has 2 N–H and O–H groups in total.